The van der Waals surface area contributed by atoms with Crippen molar-refractivity contribution in [2.45, 2.75) is 25.4 Å². The number of amides is 1. The number of hydrogen-bond donors (Lipinski definition) is 1. The predicted molar refractivity (Wildman–Crippen MR) is 113 cm³/mol. The number of carbonyl (C=O) groups excluding carboxylic acids is 1. The highest BCUT2D eigenvalue weighted by atomic mass is 16.5. The highest BCUT2D eigenvalue weighted by Crippen LogP contribution is 2.43. The summed E-state index contributed by atoms with van der Waals surface area (Å²) in [6.07, 6.45) is 5.81. The number of nitriles is 1. The molecule has 31 heavy (non-hydrogen) atoms. The average molecular weight is 418 g/mol. The summed E-state index contributed by atoms with van der Waals surface area (Å²) in [7, 11) is 0. The van der Waals surface area contributed by atoms with Crippen LogP contribution < -0.4 is 15.0 Å². The Bertz CT molecular complexity index is 1190. The molecule has 9 heteroatoms. The zero-order valence-electron chi connectivity index (χ0n) is 17.2. The first kappa shape index (κ1) is 19.3. The van der Waals surface area contributed by atoms with Crippen LogP contribution in [0.1, 0.15) is 29.3 Å². The van der Waals surface area contributed by atoms with Crippen molar-refractivity contribution in [3.8, 4) is 11.8 Å². The number of carbonyl (C=O) groups is 1. The summed E-state index contributed by atoms with van der Waals surface area (Å²) in [6, 6.07) is 7.89. The zero-order valence-corrected chi connectivity index (χ0v) is 17.2. The molecule has 4 heterocycles. The molecular formula is C22H22N6O3. The first-order valence-electron chi connectivity index (χ1n) is 10.2. The number of nitrogens with one attached hydrogen (secondary N) is 1. The summed E-state index contributed by atoms with van der Waals surface area (Å²) < 4.78 is 13.2. The van der Waals surface area contributed by atoms with E-state index < -0.39 is 5.60 Å². The van der Waals surface area contributed by atoms with Gasteiger partial charge in [0.25, 0.3) is 5.91 Å². The lowest BCUT2D eigenvalue weighted by Crippen LogP contribution is -2.36. The number of ether oxygens (including phenoxy) is 2. The van der Waals surface area contributed by atoms with Crippen LogP contribution in [0.5, 0.6) is 5.75 Å². The minimum Gasteiger partial charge on any atom is -0.486 e. The maximum Gasteiger partial charge on any atom is 0.261 e. The molecule has 0 spiro atoms. The van der Waals surface area contributed by atoms with E-state index in [9.17, 15) is 10.1 Å². The standard InChI is InChI=1S/C22H22N6O3/c1-22(3-4-23)13-15-11-17(18(12-19(15)31-22)27-7-9-30-10-8-27)26-21(29)16-14-25-28-6-2-5-24-20(16)28/h2,5-6,11-12,14H,3,7-10,13H2,1H3,(H,26,29). The number of nitrogens with zero attached hydrogens (tertiary/aromatic N) is 5. The number of aromatic nitrogens is 3. The van der Waals surface area contributed by atoms with Crippen LogP contribution in [-0.2, 0) is 11.2 Å². The molecule has 5 rings (SSSR count). The summed E-state index contributed by atoms with van der Waals surface area (Å²) in [6.45, 7) is 4.61. The molecule has 9 nitrogen and oxygen atoms in total. The van der Waals surface area contributed by atoms with Crippen LogP contribution in [0, 0.1) is 11.3 Å². The van der Waals surface area contributed by atoms with Gasteiger partial charge >= 0.3 is 0 Å². The molecule has 1 fully saturated rings. The van der Waals surface area contributed by atoms with Gasteiger partial charge in [-0.25, -0.2) is 9.50 Å². The molecule has 0 saturated carbocycles. The van der Waals surface area contributed by atoms with E-state index in [0.29, 0.717) is 43.0 Å². The maximum absolute atomic E-state index is 13.1. The summed E-state index contributed by atoms with van der Waals surface area (Å²) >= 11 is 0. The molecular weight excluding hydrogens is 396 g/mol. The van der Waals surface area contributed by atoms with Gasteiger partial charge in [-0.1, -0.05) is 0 Å². The van der Waals surface area contributed by atoms with E-state index in [0.717, 1.165) is 30.1 Å². The number of benzene rings is 1. The molecule has 0 radical (unpaired) electrons. The van der Waals surface area contributed by atoms with Gasteiger partial charge in [0.05, 0.1) is 43.3 Å². The van der Waals surface area contributed by atoms with E-state index in [-0.39, 0.29) is 5.91 Å². The monoisotopic (exact) mass is 418 g/mol. The van der Waals surface area contributed by atoms with Gasteiger partial charge in [-0.05, 0) is 19.1 Å². The lowest BCUT2D eigenvalue weighted by atomic mass is 9.96. The fourth-order valence-corrected chi connectivity index (χ4v) is 4.16. The molecule has 2 aromatic heterocycles. The number of rotatable bonds is 4. The summed E-state index contributed by atoms with van der Waals surface area (Å²) in [5, 5.41) is 16.4. The van der Waals surface area contributed by atoms with E-state index in [1.54, 1.807) is 23.0 Å². The summed E-state index contributed by atoms with van der Waals surface area (Å²) in [5.74, 6) is 0.483. The van der Waals surface area contributed by atoms with Crippen molar-refractivity contribution in [3.63, 3.8) is 0 Å². The second-order valence-electron chi connectivity index (χ2n) is 8.04. The zero-order chi connectivity index (χ0) is 21.4. The van der Waals surface area contributed by atoms with Crippen molar-refractivity contribution >= 4 is 22.9 Å². The molecule has 1 amide bonds. The molecule has 1 aromatic carbocycles. The third kappa shape index (κ3) is 3.55. The maximum atomic E-state index is 13.1. The molecule has 1 unspecified atom stereocenters. The number of hydrogen-bond acceptors (Lipinski definition) is 7. The molecule has 2 aliphatic rings. The van der Waals surface area contributed by atoms with E-state index >= 15 is 0 Å². The predicted octanol–water partition coefficient (Wildman–Crippen LogP) is 2.43. The normalized spacial score (nSPS) is 20.2. The van der Waals surface area contributed by atoms with Crippen molar-refractivity contribution in [1.82, 2.24) is 14.6 Å². The molecule has 1 atom stereocenters. The number of morpholine rings is 1. The SMILES string of the molecule is CC1(CC#N)Cc2cc(NC(=O)c3cnn4cccnc34)c(N3CCOCC3)cc2O1. The molecule has 3 aromatic rings. The fraction of sp³-hybridized carbons (Fsp3) is 0.364. The van der Waals surface area contributed by atoms with Crippen molar-refractivity contribution < 1.29 is 14.3 Å². The molecule has 0 bridgehead atoms. The van der Waals surface area contributed by atoms with Gasteiger partial charge in [0.2, 0.25) is 0 Å². The second kappa shape index (κ2) is 7.56. The Hall–Kier alpha value is -3.64. The Morgan fingerprint density at radius 3 is 3.00 bits per heavy atom. The number of anilines is 2. The van der Waals surface area contributed by atoms with Gasteiger partial charge in [0.1, 0.15) is 16.9 Å². The highest BCUT2D eigenvalue weighted by Gasteiger charge is 2.36. The van der Waals surface area contributed by atoms with Gasteiger partial charge in [0.15, 0.2) is 5.65 Å². The van der Waals surface area contributed by atoms with Gasteiger partial charge in [-0.2, -0.15) is 10.4 Å². The topological polar surface area (TPSA) is 105 Å². The third-order valence-electron chi connectivity index (χ3n) is 5.68. The van der Waals surface area contributed by atoms with Crippen LogP contribution in [0.2, 0.25) is 0 Å². The van der Waals surface area contributed by atoms with E-state index in [1.807, 2.05) is 19.1 Å². The Morgan fingerprint density at radius 1 is 1.35 bits per heavy atom. The van der Waals surface area contributed by atoms with Crippen LogP contribution in [-0.4, -0.2) is 52.4 Å². The lowest BCUT2D eigenvalue weighted by molar-refractivity contribution is 0.102. The van der Waals surface area contributed by atoms with Crippen LogP contribution in [0.15, 0.2) is 36.8 Å². The molecule has 158 valence electrons. The minimum absolute atomic E-state index is 0.276. The molecule has 1 N–H and O–H groups in total. The molecule has 1 saturated heterocycles. The summed E-state index contributed by atoms with van der Waals surface area (Å²) in [5.41, 5.74) is 2.89. The Labute approximate surface area is 179 Å². The minimum atomic E-state index is -0.561. The van der Waals surface area contributed by atoms with Gasteiger partial charge < -0.3 is 19.7 Å². The molecule has 0 aliphatic carbocycles. The van der Waals surface area contributed by atoms with Crippen LogP contribution in [0.4, 0.5) is 11.4 Å². The first-order valence-corrected chi connectivity index (χ1v) is 10.2. The Kier molecular flexibility index (Phi) is 4.71. The quantitative estimate of drug-likeness (QED) is 0.694. The van der Waals surface area contributed by atoms with Crippen LogP contribution >= 0.6 is 0 Å². The van der Waals surface area contributed by atoms with Gasteiger partial charge in [-0.3, -0.25) is 4.79 Å². The van der Waals surface area contributed by atoms with Gasteiger partial charge in [0, 0.05) is 43.5 Å². The van der Waals surface area contributed by atoms with Crippen LogP contribution in [0.3, 0.4) is 0 Å². The summed E-state index contributed by atoms with van der Waals surface area (Å²) in [4.78, 5) is 19.6. The Morgan fingerprint density at radius 2 is 2.19 bits per heavy atom. The Balaban J connectivity index is 1.51. The highest BCUT2D eigenvalue weighted by molar-refractivity contribution is 6.09. The van der Waals surface area contributed by atoms with Gasteiger partial charge in [-0.15, -0.1) is 0 Å². The van der Waals surface area contributed by atoms with Crippen LogP contribution in [0.25, 0.3) is 5.65 Å². The van der Waals surface area contributed by atoms with Crippen molar-refractivity contribution in [3.05, 3.63) is 47.9 Å². The number of fused-ring (bicyclic) bond motifs is 2. The largest absolute Gasteiger partial charge is 0.486 e. The third-order valence-corrected chi connectivity index (χ3v) is 5.68. The van der Waals surface area contributed by atoms with E-state index in [1.165, 1.54) is 6.20 Å². The fourth-order valence-electron chi connectivity index (χ4n) is 4.16. The first-order chi connectivity index (χ1) is 15.1. The van der Waals surface area contributed by atoms with Crippen molar-refractivity contribution in [1.29, 1.82) is 5.26 Å². The average Bonchev–Trinajstić information content (AvgIpc) is 3.34. The smallest absolute Gasteiger partial charge is 0.261 e. The van der Waals surface area contributed by atoms with Crippen molar-refractivity contribution in [2.75, 3.05) is 36.5 Å². The van der Waals surface area contributed by atoms with E-state index in [4.69, 9.17) is 9.47 Å². The van der Waals surface area contributed by atoms with E-state index in [2.05, 4.69) is 26.4 Å². The molecule has 2 aliphatic heterocycles. The lowest BCUT2D eigenvalue weighted by Gasteiger charge is -2.31. The second-order valence-corrected chi connectivity index (χ2v) is 8.04. The van der Waals surface area contributed by atoms with Crippen molar-refractivity contribution in [2.24, 2.45) is 0 Å².